The number of benzene rings is 1. The van der Waals surface area contributed by atoms with Gasteiger partial charge in [-0.25, -0.2) is 4.79 Å². The number of aromatic carboxylic acids is 1. The third-order valence-electron chi connectivity index (χ3n) is 1.21. The first-order valence-electron chi connectivity index (χ1n) is 2.86. The highest BCUT2D eigenvalue weighted by Gasteiger charge is 2.08. The molecule has 0 amide bonds. The van der Waals surface area contributed by atoms with Crippen molar-refractivity contribution in [3.63, 3.8) is 0 Å². The van der Waals surface area contributed by atoms with Crippen molar-refractivity contribution in [2.75, 3.05) is 0 Å². The maximum atomic E-state index is 10.3. The summed E-state index contributed by atoms with van der Waals surface area (Å²) in [5.74, 6) is -1.81. The predicted octanol–water partition coefficient (Wildman–Crippen LogP) is 1.64. The van der Waals surface area contributed by atoms with Gasteiger partial charge in [-0.05, 0) is 12.1 Å². The third-order valence-corrected chi connectivity index (χ3v) is 1.21. The second kappa shape index (κ2) is 5.50. The van der Waals surface area contributed by atoms with Gasteiger partial charge in [-0.15, -0.1) is 24.8 Å². The van der Waals surface area contributed by atoms with Crippen LogP contribution in [0.15, 0.2) is 18.2 Å². The Labute approximate surface area is 86.6 Å². The number of hydrogen-bond acceptors (Lipinski definition) is 3. The van der Waals surface area contributed by atoms with Crippen LogP contribution >= 0.6 is 24.8 Å². The number of phenolic OH excluding ortho intramolecular Hbond substituents is 1. The predicted molar refractivity (Wildman–Crippen MR) is 51.2 cm³/mol. The summed E-state index contributed by atoms with van der Waals surface area (Å²) < 4.78 is 0. The highest BCUT2D eigenvalue weighted by Crippen LogP contribution is 2.21. The van der Waals surface area contributed by atoms with E-state index in [1.807, 2.05) is 0 Å². The first-order chi connectivity index (χ1) is 5.11. The highest BCUT2D eigenvalue weighted by atomic mass is 35.5. The summed E-state index contributed by atoms with van der Waals surface area (Å²) in [6.07, 6.45) is 0. The van der Waals surface area contributed by atoms with Crippen molar-refractivity contribution < 1.29 is 20.1 Å². The Balaban J connectivity index is 0. The van der Waals surface area contributed by atoms with Gasteiger partial charge < -0.3 is 15.3 Å². The molecule has 0 saturated heterocycles. The van der Waals surface area contributed by atoms with Gasteiger partial charge in [-0.2, -0.15) is 0 Å². The van der Waals surface area contributed by atoms with Gasteiger partial charge in [0.05, 0.1) is 0 Å². The maximum Gasteiger partial charge on any atom is 0.339 e. The Bertz CT molecular complexity index is 301. The lowest BCUT2D eigenvalue weighted by molar-refractivity contribution is 0.0694. The average Bonchev–Trinajstić information content (AvgIpc) is 1.85. The van der Waals surface area contributed by atoms with E-state index in [9.17, 15) is 4.79 Å². The van der Waals surface area contributed by atoms with Crippen LogP contribution < -0.4 is 0 Å². The zero-order valence-corrected chi connectivity index (χ0v) is 7.93. The first kappa shape index (κ1) is 14.4. The van der Waals surface area contributed by atoms with Crippen LogP contribution in [-0.4, -0.2) is 21.3 Å². The lowest BCUT2D eigenvalue weighted by Crippen LogP contribution is -1.95. The molecule has 0 bridgehead atoms. The van der Waals surface area contributed by atoms with Crippen LogP contribution in [0.2, 0.25) is 0 Å². The van der Waals surface area contributed by atoms with Crippen molar-refractivity contribution in [2.45, 2.75) is 0 Å². The molecule has 4 nitrogen and oxygen atoms in total. The number of halogens is 2. The fourth-order valence-corrected chi connectivity index (χ4v) is 0.701. The van der Waals surface area contributed by atoms with Crippen molar-refractivity contribution in [2.24, 2.45) is 0 Å². The van der Waals surface area contributed by atoms with Gasteiger partial charge in [0.1, 0.15) is 17.1 Å². The van der Waals surface area contributed by atoms with E-state index < -0.39 is 11.7 Å². The van der Waals surface area contributed by atoms with E-state index in [1.54, 1.807) is 0 Å². The van der Waals surface area contributed by atoms with Crippen LogP contribution in [0.5, 0.6) is 11.5 Å². The van der Waals surface area contributed by atoms with Gasteiger partial charge >= 0.3 is 5.97 Å². The van der Waals surface area contributed by atoms with E-state index in [0.29, 0.717) is 0 Å². The zero-order valence-electron chi connectivity index (χ0n) is 6.30. The lowest BCUT2D eigenvalue weighted by Gasteiger charge is -1.97. The van der Waals surface area contributed by atoms with Crippen LogP contribution in [0.1, 0.15) is 10.4 Å². The molecule has 0 aliphatic carbocycles. The molecule has 0 fully saturated rings. The Morgan fingerprint density at radius 1 is 1.15 bits per heavy atom. The monoisotopic (exact) mass is 226 g/mol. The summed E-state index contributed by atoms with van der Waals surface area (Å²) >= 11 is 0. The minimum absolute atomic E-state index is 0. The van der Waals surface area contributed by atoms with Crippen LogP contribution in [0.3, 0.4) is 0 Å². The molecule has 1 aromatic rings. The van der Waals surface area contributed by atoms with Gasteiger partial charge in [-0.1, -0.05) is 0 Å². The fourth-order valence-electron chi connectivity index (χ4n) is 0.701. The molecule has 3 N–H and O–H groups in total. The van der Waals surface area contributed by atoms with E-state index in [2.05, 4.69) is 0 Å². The minimum atomic E-state index is -1.22. The second-order valence-corrected chi connectivity index (χ2v) is 2.01. The molecule has 6 heteroatoms. The number of carbonyl (C=O) groups is 1. The standard InChI is InChI=1S/C7H6O4.2ClH/c8-4-1-2-5(7(10)11)6(9)3-4;;/h1-3,8-9H,(H,10,11);2*1H. The molecule has 0 saturated carbocycles. The zero-order chi connectivity index (χ0) is 8.43. The Kier molecular flexibility index (Phi) is 6.10. The summed E-state index contributed by atoms with van der Waals surface area (Å²) in [6, 6.07) is 3.31. The van der Waals surface area contributed by atoms with E-state index >= 15 is 0 Å². The molecule has 1 aromatic carbocycles. The lowest BCUT2D eigenvalue weighted by atomic mass is 10.2. The number of carboxylic acid groups (broad SMARTS) is 1. The van der Waals surface area contributed by atoms with Crippen molar-refractivity contribution in [3.05, 3.63) is 23.8 Å². The molecule has 13 heavy (non-hydrogen) atoms. The molecule has 0 aliphatic heterocycles. The topological polar surface area (TPSA) is 77.8 Å². The molecular formula is C7H8Cl2O4. The summed E-state index contributed by atoms with van der Waals surface area (Å²) in [4.78, 5) is 10.3. The van der Waals surface area contributed by atoms with E-state index in [-0.39, 0.29) is 36.1 Å². The quantitative estimate of drug-likeness (QED) is 0.681. The van der Waals surface area contributed by atoms with Crippen molar-refractivity contribution >= 4 is 30.8 Å². The van der Waals surface area contributed by atoms with Crippen LogP contribution in [0.25, 0.3) is 0 Å². The molecule has 0 heterocycles. The van der Waals surface area contributed by atoms with Crippen molar-refractivity contribution in [1.29, 1.82) is 0 Å². The number of rotatable bonds is 1. The molecule has 0 aromatic heterocycles. The second-order valence-electron chi connectivity index (χ2n) is 2.01. The molecule has 0 aliphatic rings. The van der Waals surface area contributed by atoms with Crippen molar-refractivity contribution in [1.82, 2.24) is 0 Å². The maximum absolute atomic E-state index is 10.3. The van der Waals surface area contributed by atoms with Gasteiger partial charge in [-0.3, -0.25) is 0 Å². The Morgan fingerprint density at radius 3 is 2.08 bits per heavy atom. The molecule has 74 valence electrons. The number of carboxylic acids is 1. The largest absolute Gasteiger partial charge is 0.508 e. The van der Waals surface area contributed by atoms with Gasteiger partial charge in [0.2, 0.25) is 0 Å². The average molecular weight is 227 g/mol. The fraction of sp³-hybridized carbons (Fsp3) is 0. The minimum Gasteiger partial charge on any atom is -0.508 e. The normalized spacial score (nSPS) is 8.00. The molecule has 0 radical (unpaired) electrons. The van der Waals surface area contributed by atoms with Gasteiger partial charge in [0.25, 0.3) is 0 Å². The molecule has 0 atom stereocenters. The summed E-state index contributed by atoms with van der Waals surface area (Å²) in [7, 11) is 0. The number of phenols is 2. The molecular weight excluding hydrogens is 219 g/mol. The summed E-state index contributed by atoms with van der Waals surface area (Å²) in [5.41, 5.74) is -0.220. The number of hydrogen-bond donors (Lipinski definition) is 3. The Morgan fingerprint density at radius 2 is 1.69 bits per heavy atom. The van der Waals surface area contributed by atoms with E-state index in [1.165, 1.54) is 6.07 Å². The molecule has 0 spiro atoms. The van der Waals surface area contributed by atoms with Crippen molar-refractivity contribution in [3.8, 4) is 11.5 Å². The van der Waals surface area contributed by atoms with Crippen LogP contribution in [-0.2, 0) is 0 Å². The van der Waals surface area contributed by atoms with Crippen LogP contribution in [0, 0.1) is 0 Å². The summed E-state index contributed by atoms with van der Waals surface area (Å²) in [5, 5.41) is 26.1. The Hall–Kier alpha value is -1.13. The highest BCUT2D eigenvalue weighted by molar-refractivity contribution is 5.90. The van der Waals surface area contributed by atoms with E-state index in [4.69, 9.17) is 15.3 Å². The molecule has 0 unspecified atom stereocenters. The van der Waals surface area contributed by atoms with E-state index in [0.717, 1.165) is 12.1 Å². The SMILES string of the molecule is Cl.Cl.O=C(O)c1ccc(O)cc1O. The first-order valence-corrected chi connectivity index (χ1v) is 2.86. The van der Waals surface area contributed by atoms with Gasteiger partial charge in [0.15, 0.2) is 0 Å². The smallest absolute Gasteiger partial charge is 0.339 e. The third kappa shape index (κ3) is 3.40. The number of aromatic hydroxyl groups is 2. The van der Waals surface area contributed by atoms with Crippen LogP contribution in [0.4, 0.5) is 0 Å². The molecule has 1 rings (SSSR count). The summed E-state index contributed by atoms with van der Waals surface area (Å²) in [6.45, 7) is 0. The van der Waals surface area contributed by atoms with Gasteiger partial charge in [0, 0.05) is 6.07 Å².